The van der Waals surface area contributed by atoms with Crippen LogP contribution in [0.15, 0.2) is 64.8 Å². The fourth-order valence-electron chi connectivity index (χ4n) is 5.85. The first-order valence-corrected chi connectivity index (χ1v) is 14.5. The molecular formula is C33H48N2. The maximum atomic E-state index is 4.83. The van der Waals surface area contributed by atoms with Crippen LogP contribution in [0.5, 0.6) is 0 Å². The van der Waals surface area contributed by atoms with E-state index in [0.717, 1.165) is 17.4 Å². The Kier molecular flexibility index (Phi) is 12.3. The third-order valence-corrected chi connectivity index (χ3v) is 8.00. The first kappa shape index (κ1) is 27.4. The van der Waals surface area contributed by atoms with E-state index in [1.54, 1.807) is 0 Å². The van der Waals surface area contributed by atoms with Gasteiger partial charge in [0.15, 0.2) is 0 Å². The maximum absolute atomic E-state index is 4.83. The lowest BCUT2D eigenvalue weighted by Crippen LogP contribution is -2.26. The minimum atomic E-state index is 0.514. The van der Waals surface area contributed by atoms with Crippen LogP contribution < -0.4 is 0 Å². The van der Waals surface area contributed by atoms with Crippen molar-refractivity contribution < 1.29 is 0 Å². The number of hydrogen-bond donors (Lipinski definition) is 0. The molecule has 2 aromatic carbocycles. The van der Waals surface area contributed by atoms with Gasteiger partial charge in [-0.25, -0.2) is 0 Å². The van der Waals surface area contributed by atoms with Gasteiger partial charge in [-0.05, 0) is 67.1 Å². The van der Waals surface area contributed by atoms with Gasteiger partial charge < -0.3 is 0 Å². The third-order valence-electron chi connectivity index (χ3n) is 8.00. The number of rotatable bonds is 14. The Bertz CT molecular complexity index is 873. The Hall–Kier alpha value is -2.22. The van der Waals surface area contributed by atoms with Crippen molar-refractivity contribution in [2.75, 3.05) is 0 Å². The molecule has 0 radical (unpaired) electrons. The minimum Gasteiger partial charge on any atom is -0.158 e. The number of hydrogen-bond acceptors (Lipinski definition) is 2. The second-order valence-electron chi connectivity index (χ2n) is 10.6. The highest BCUT2D eigenvalue weighted by Crippen LogP contribution is 2.38. The van der Waals surface area contributed by atoms with Crippen molar-refractivity contribution in [2.24, 2.45) is 28.0 Å². The smallest absolute Gasteiger partial charge is 0.0733 e. The Morgan fingerprint density at radius 2 is 1.54 bits per heavy atom. The molecule has 2 aromatic rings. The van der Waals surface area contributed by atoms with E-state index >= 15 is 0 Å². The van der Waals surface area contributed by atoms with Gasteiger partial charge in [0.1, 0.15) is 0 Å². The maximum Gasteiger partial charge on any atom is 0.0733 e. The van der Waals surface area contributed by atoms with Gasteiger partial charge in [0, 0.05) is 5.92 Å². The molecule has 2 nitrogen and oxygen atoms in total. The summed E-state index contributed by atoms with van der Waals surface area (Å²) >= 11 is 0. The van der Waals surface area contributed by atoms with Crippen LogP contribution in [-0.2, 0) is 6.42 Å². The van der Waals surface area contributed by atoms with Crippen molar-refractivity contribution in [3.05, 3.63) is 71.3 Å². The van der Waals surface area contributed by atoms with Crippen LogP contribution in [0.2, 0.25) is 0 Å². The van der Waals surface area contributed by atoms with E-state index in [0.29, 0.717) is 5.92 Å². The SMILES string of the molecule is CCCCCCCc1ccc(C=NN=C(c2ccccc2)C2CCC(C(CC)CCC)CC2)cc1. The monoisotopic (exact) mass is 472 g/mol. The molecule has 1 atom stereocenters. The number of unbranched alkanes of at least 4 members (excludes halogenated alkanes) is 4. The van der Waals surface area contributed by atoms with E-state index < -0.39 is 0 Å². The fourth-order valence-corrected chi connectivity index (χ4v) is 5.85. The van der Waals surface area contributed by atoms with Crippen LogP contribution in [0, 0.1) is 17.8 Å². The lowest BCUT2D eigenvalue weighted by atomic mass is 9.72. The van der Waals surface area contributed by atoms with E-state index in [-0.39, 0.29) is 0 Å². The molecule has 0 spiro atoms. The molecule has 1 fully saturated rings. The lowest BCUT2D eigenvalue weighted by molar-refractivity contribution is 0.212. The Morgan fingerprint density at radius 3 is 2.20 bits per heavy atom. The van der Waals surface area contributed by atoms with Gasteiger partial charge in [0.25, 0.3) is 0 Å². The quantitative estimate of drug-likeness (QED) is 0.148. The number of aryl methyl sites for hydroxylation is 1. The summed E-state index contributed by atoms with van der Waals surface area (Å²) < 4.78 is 0. The normalized spacial score (nSPS) is 19.8. The van der Waals surface area contributed by atoms with Crippen molar-refractivity contribution in [1.82, 2.24) is 0 Å². The highest BCUT2D eigenvalue weighted by Gasteiger charge is 2.29. The van der Waals surface area contributed by atoms with Crippen LogP contribution in [0.1, 0.15) is 115 Å². The molecule has 2 heteroatoms. The van der Waals surface area contributed by atoms with E-state index in [1.165, 1.54) is 100 Å². The molecule has 1 unspecified atom stereocenters. The second-order valence-corrected chi connectivity index (χ2v) is 10.6. The summed E-state index contributed by atoms with van der Waals surface area (Å²) in [4.78, 5) is 0. The molecule has 1 saturated carbocycles. The first-order valence-electron chi connectivity index (χ1n) is 14.5. The van der Waals surface area contributed by atoms with Gasteiger partial charge in [0.05, 0.1) is 11.9 Å². The molecule has 35 heavy (non-hydrogen) atoms. The van der Waals surface area contributed by atoms with Crippen LogP contribution in [0.3, 0.4) is 0 Å². The van der Waals surface area contributed by atoms with E-state index in [1.807, 2.05) is 6.21 Å². The molecule has 3 rings (SSSR count). The van der Waals surface area contributed by atoms with Crippen LogP contribution >= 0.6 is 0 Å². The summed E-state index contributed by atoms with van der Waals surface area (Å²) in [6.07, 6.45) is 18.9. The predicted octanol–water partition coefficient (Wildman–Crippen LogP) is 9.66. The van der Waals surface area contributed by atoms with E-state index in [4.69, 9.17) is 5.10 Å². The highest BCUT2D eigenvalue weighted by molar-refractivity contribution is 6.02. The molecule has 0 N–H and O–H groups in total. The number of nitrogens with zero attached hydrogens (tertiary/aromatic N) is 2. The zero-order valence-electron chi connectivity index (χ0n) is 22.6. The van der Waals surface area contributed by atoms with Gasteiger partial charge in [-0.2, -0.15) is 10.2 Å². The minimum absolute atomic E-state index is 0.514. The Labute approximate surface area is 215 Å². The Balaban J connectivity index is 1.62. The molecule has 0 aromatic heterocycles. The molecule has 0 saturated heterocycles. The second kappa shape index (κ2) is 15.7. The molecule has 0 aliphatic heterocycles. The van der Waals surface area contributed by atoms with Gasteiger partial charge in [0.2, 0.25) is 0 Å². The molecule has 1 aliphatic carbocycles. The van der Waals surface area contributed by atoms with Gasteiger partial charge in [-0.3, -0.25) is 0 Å². The summed E-state index contributed by atoms with van der Waals surface area (Å²) in [7, 11) is 0. The van der Waals surface area contributed by atoms with Crippen molar-refractivity contribution in [1.29, 1.82) is 0 Å². The van der Waals surface area contributed by atoms with E-state index in [2.05, 4.69) is 80.5 Å². The number of benzene rings is 2. The molecule has 1 aliphatic rings. The van der Waals surface area contributed by atoms with Crippen molar-refractivity contribution in [3.63, 3.8) is 0 Å². The summed E-state index contributed by atoms with van der Waals surface area (Å²) in [5, 5.41) is 9.41. The third kappa shape index (κ3) is 9.06. The first-order chi connectivity index (χ1) is 17.2. The topological polar surface area (TPSA) is 24.7 Å². The van der Waals surface area contributed by atoms with E-state index in [9.17, 15) is 0 Å². The Morgan fingerprint density at radius 1 is 0.829 bits per heavy atom. The highest BCUT2D eigenvalue weighted by atomic mass is 15.2. The molecule has 0 heterocycles. The van der Waals surface area contributed by atoms with Crippen LogP contribution in [0.25, 0.3) is 0 Å². The van der Waals surface area contributed by atoms with Crippen molar-refractivity contribution in [2.45, 2.75) is 104 Å². The van der Waals surface area contributed by atoms with Gasteiger partial charge in [-0.15, -0.1) is 0 Å². The standard InChI is InChI=1S/C33H48N2/c1-4-7-8-9-11-15-27-18-20-28(21-19-27)26-34-35-33(31-16-12-10-13-17-31)32-24-22-30(23-25-32)29(6-3)14-5-2/h10,12-13,16-21,26,29-30,32H,4-9,11,14-15,22-25H2,1-3H3. The molecule has 190 valence electrons. The molecule has 0 bridgehead atoms. The fraction of sp³-hybridized carbons (Fsp3) is 0.576. The van der Waals surface area contributed by atoms with Gasteiger partial charge in [-0.1, -0.05) is 120 Å². The zero-order valence-corrected chi connectivity index (χ0v) is 22.6. The summed E-state index contributed by atoms with van der Waals surface area (Å²) in [6.45, 7) is 6.97. The van der Waals surface area contributed by atoms with Gasteiger partial charge >= 0.3 is 0 Å². The predicted molar refractivity (Wildman–Crippen MR) is 154 cm³/mol. The molecule has 0 amide bonds. The van der Waals surface area contributed by atoms with Crippen LogP contribution in [-0.4, -0.2) is 11.9 Å². The summed E-state index contributed by atoms with van der Waals surface area (Å²) in [5.41, 5.74) is 4.96. The van der Waals surface area contributed by atoms with Crippen molar-refractivity contribution in [3.8, 4) is 0 Å². The van der Waals surface area contributed by atoms with Crippen LogP contribution in [0.4, 0.5) is 0 Å². The summed E-state index contributed by atoms with van der Waals surface area (Å²) in [6, 6.07) is 19.6. The average Bonchev–Trinajstić information content (AvgIpc) is 2.91. The molecular weight excluding hydrogens is 424 g/mol. The zero-order chi connectivity index (χ0) is 24.7. The lowest BCUT2D eigenvalue weighted by Gasteiger charge is -2.34. The van der Waals surface area contributed by atoms with Crippen molar-refractivity contribution >= 4 is 11.9 Å². The largest absolute Gasteiger partial charge is 0.158 e. The summed E-state index contributed by atoms with van der Waals surface area (Å²) in [5.74, 6) is 2.30. The average molecular weight is 473 g/mol.